The third-order valence-electron chi connectivity index (χ3n) is 3.78. The maximum Gasteiger partial charge on any atom is 0.311 e. The van der Waals surface area contributed by atoms with E-state index in [0.29, 0.717) is 28.4 Å². The van der Waals surface area contributed by atoms with E-state index in [1.165, 1.54) is 7.11 Å². The number of carbonyl (C=O) groups excluding carboxylic acids is 1. The first-order valence-corrected chi connectivity index (χ1v) is 7.77. The molecule has 0 fully saturated rings. The summed E-state index contributed by atoms with van der Waals surface area (Å²) >= 11 is 0. The van der Waals surface area contributed by atoms with Crippen molar-refractivity contribution in [2.75, 3.05) is 7.11 Å². The third-order valence-corrected chi connectivity index (χ3v) is 3.78. The van der Waals surface area contributed by atoms with Gasteiger partial charge in [-0.2, -0.15) is 0 Å². The van der Waals surface area contributed by atoms with Gasteiger partial charge in [-0.1, -0.05) is 23.8 Å². The van der Waals surface area contributed by atoms with E-state index in [4.69, 9.17) is 4.74 Å². The van der Waals surface area contributed by atoms with Crippen LogP contribution in [0.25, 0.3) is 5.65 Å². The van der Waals surface area contributed by atoms with E-state index < -0.39 is 5.97 Å². The monoisotopic (exact) mass is 338 g/mol. The lowest BCUT2D eigenvalue weighted by Crippen LogP contribution is -2.04. The van der Waals surface area contributed by atoms with Crippen LogP contribution < -0.4 is 0 Å². The van der Waals surface area contributed by atoms with Crippen molar-refractivity contribution in [1.82, 2.24) is 9.38 Å². The van der Waals surface area contributed by atoms with E-state index in [-0.39, 0.29) is 13.0 Å². The van der Waals surface area contributed by atoms with Crippen LogP contribution in [-0.4, -0.2) is 27.6 Å². The second-order valence-electron chi connectivity index (χ2n) is 5.56. The molecule has 3 aromatic rings. The minimum absolute atomic E-state index is 0.0225. The summed E-state index contributed by atoms with van der Waals surface area (Å²) in [4.78, 5) is 16.1. The van der Waals surface area contributed by atoms with Crippen molar-refractivity contribution in [2.45, 2.75) is 20.0 Å². The number of aliphatic hydroxyl groups excluding tert-OH is 1. The lowest BCUT2D eigenvalue weighted by Gasteiger charge is -2.00. The van der Waals surface area contributed by atoms with Gasteiger partial charge in [0.05, 0.1) is 31.5 Å². The molecule has 0 aliphatic heterocycles. The summed E-state index contributed by atoms with van der Waals surface area (Å²) in [5.41, 5.74) is 3.46. The van der Waals surface area contributed by atoms with E-state index in [1.807, 2.05) is 31.2 Å². The lowest BCUT2D eigenvalue weighted by molar-refractivity contribution is -0.139. The molecule has 0 aliphatic rings. The Balaban J connectivity index is 2.08. The van der Waals surface area contributed by atoms with Crippen molar-refractivity contribution >= 4 is 23.1 Å². The first-order chi connectivity index (χ1) is 12.1. The number of hydrogen-bond acceptors (Lipinski definition) is 6. The number of hydrogen-bond donors (Lipinski definition) is 1. The van der Waals surface area contributed by atoms with Gasteiger partial charge in [0.1, 0.15) is 5.65 Å². The first-order valence-electron chi connectivity index (χ1n) is 7.77. The van der Waals surface area contributed by atoms with Gasteiger partial charge in [-0.3, -0.25) is 9.20 Å². The summed E-state index contributed by atoms with van der Waals surface area (Å²) < 4.78 is 6.44. The molecule has 0 aliphatic carbocycles. The predicted octanol–water partition coefficient (Wildman–Crippen LogP) is 3.27. The highest BCUT2D eigenvalue weighted by atomic mass is 16.5. The van der Waals surface area contributed by atoms with E-state index >= 15 is 0 Å². The zero-order valence-electron chi connectivity index (χ0n) is 14.0. The number of fused-ring (bicyclic) bond motifs is 1. The van der Waals surface area contributed by atoms with Crippen molar-refractivity contribution in [2.24, 2.45) is 10.2 Å². The Morgan fingerprint density at radius 2 is 2.00 bits per heavy atom. The largest absolute Gasteiger partial charge is 0.469 e. The number of imidazole rings is 1. The third kappa shape index (κ3) is 3.56. The van der Waals surface area contributed by atoms with Crippen LogP contribution >= 0.6 is 0 Å². The normalized spacial score (nSPS) is 11.3. The van der Waals surface area contributed by atoms with Crippen LogP contribution in [0.15, 0.2) is 52.8 Å². The molecule has 7 heteroatoms. The van der Waals surface area contributed by atoms with Gasteiger partial charge in [-0.15, -0.1) is 10.2 Å². The van der Waals surface area contributed by atoms with Crippen LogP contribution in [0, 0.1) is 6.92 Å². The van der Waals surface area contributed by atoms with Gasteiger partial charge in [0.15, 0.2) is 5.82 Å². The molecule has 25 heavy (non-hydrogen) atoms. The molecule has 0 spiro atoms. The zero-order valence-corrected chi connectivity index (χ0v) is 14.0. The van der Waals surface area contributed by atoms with Gasteiger partial charge in [-0.05, 0) is 25.1 Å². The Kier molecular flexibility index (Phi) is 4.85. The number of nitrogens with zero attached hydrogens (tertiary/aromatic N) is 4. The van der Waals surface area contributed by atoms with Crippen LogP contribution in [0.2, 0.25) is 0 Å². The summed E-state index contributed by atoms with van der Waals surface area (Å²) in [7, 11) is 1.32. The minimum atomic E-state index is -0.416. The van der Waals surface area contributed by atoms with E-state index in [2.05, 4.69) is 15.2 Å². The summed E-state index contributed by atoms with van der Waals surface area (Å²) in [5, 5.41) is 18.0. The maximum atomic E-state index is 11.7. The molecule has 0 radical (unpaired) electrons. The molecule has 2 aromatic heterocycles. The Hall–Kier alpha value is -3.06. The zero-order chi connectivity index (χ0) is 17.8. The standard InChI is InChI=1S/C18H18N4O3/c1-12-5-7-14(8-6-12)20-21-18-15(10-16(24)25-2)19-17-13(11-23)4-3-9-22(17)18/h3-9,23H,10-11H2,1-2H3. The number of aryl methyl sites for hydroxylation is 1. The number of carbonyl (C=O) groups is 1. The second-order valence-corrected chi connectivity index (χ2v) is 5.56. The van der Waals surface area contributed by atoms with Gasteiger partial charge >= 0.3 is 5.97 Å². The molecule has 0 saturated carbocycles. The highest BCUT2D eigenvalue weighted by Gasteiger charge is 2.17. The Labute approximate surface area is 144 Å². The Bertz CT molecular complexity index is 929. The molecule has 0 saturated heterocycles. The average molecular weight is 338 g/mol. The molecule has 3 rings (SSSR count). The smallest absolute Gasteiger partial charge is 0.311 e. The molecule has 1 N–H and O–H groups in total. The summed E-state index contributed by atoms with van der Waals surface area (Å²) in [5.74, 6) is 0.0250. The number of rotatable bonds is 5. The quantitative estimate of drug-likeness (QED) is 0.571. The van der Waals surface area contributed by atoms with Crippen LogP contribution in [0.3, 0.4) is 0 Å². The molecule has 0 amide bonds. The number of ether oxygens (including phenoxy) is 1. The number of benzene rings is 1. The fraction of sp³-hybridized carbons (Fsp3) is 0.222. The summed E-state index contributed by atoms with van der Waals surface area (Å²) in [6.07, 6.45) is 1.75. The van der Waals surface area contributed by atoms with E-state index in [9.17, 15) is 9.90 Å². The number of pyridine rings is 1. The Morgan fingerprint density at radius 1 is 1.24 bits per heavy atom. The summed E-state index contributed by atoms with van der Waals surface area (Å²) in [6.45, 7) is 1.84. The molecule has 2 heterocycles. The molecular formula is C18H18N4O3. The van der Waals surface area contributed by atoms with Crippen molar-refractivity contribution in [3.8, 4) is 0 Å². The molecular weight excluding hydrogens is 320 g/mol. The van der Waals surface area contributed by atoms with Crippen molar-refractivity contribution < 1.29 is 14.6 Å². The number of aliphatic hydroxyl groups is 1. The van der Waals surface area contributed by atoms with Crippen molar-refractivity contribution in [1.29, 1.82) is 0 Å². The molecule has 0 atom stereocenters. The highest BCUT2D eigenvalue weighted by Crippen LogP contribution is 2.26. The van der Waals surface area contributed by atoms with Gasteiger partial charge in [0.2, 0.25) is 0 Å². The highest BCUT2D eigenvalue weighted by molar-refractivity contribution is 5.74. The van der Waals surface area contributed by atoms with Gasteiger partial charge in [0.25, 0.3) is 0 Å². The minimum Gasteiger partial charge on any atom is -0.469 e. The van der Waals surface area contributed by atoms with Crippen LogP contribution in [-0.2, 0) is 22.6 Å². The van der Waals surface area contributed by atoms with Gasteiger partial charge < -0.3 is 9.84 Å². The van der Waals surface area contributed by atoms with Crippen LogP contribution in [0.5, 0.6) is 0 Å². The Morgan fingerprint density at radius 3 is 2.68 bits per heavy atom. The van der Waals surface area contributed by atoms with E-state index in [1.54, 1.807) is 22.7 Å². The van der Waals surface area contributed by atoms with Crippen molar-refractivity contribution in [3.63, 3.8) is 0 Å². The van der Waals surface area contributed by atoms with Gasteiger partial charge in [0, 0.05) is 11.8 Å². The number of aromatic nitrogens is 2. The van der Waals surface area contributed by atoms with E-state index in [0.717, 1.165) is 5.56 Å². The predicted molar refractivity (Wildman–Crippen MR) is 92.2 cm³/mol. The lowest BCUT2D eigenvalue weighted by atomic mass is 10.2. The van der Waals surface area contributed by atoms with Crippen LogP contribution in [0.4, 0.5) is 11.5 Å². The fourth-order valence-corrected chi connectivity index (χ4v) is 2.43. The number of methoxy groups -OCH3 is 1. The second kappa shape index (κ2) is 7.23. The first kappa shape index (κ1) is 16.8. The molecule has 128 valence electrons. The number of esters is 1. The topological polar surface area (TPSA) is 88.5 Å². The fourth-order valence-electron chi connectivity index (χ4n) is 2.43. The van der Waals surface area contributed by atoms with Crippen LogP contribution in [0.1, 0.15) is 16.8 Å². The number of azo groups is 1. The SMILES string of the molecule is COC(=O)Cc1nc2c(CO)cccn2c1N=Nc1ccc(C)cc1. The summed E-state index contributed by atoms with van der Waals surface area (Å²) in [6, 6.07) is 11.2. The molecule has 7 nitrogen and oxygen atoms in total. The van der Waals surface area contributed by atoms with Crippen molar-refractivity contribution in [3.05, 3.63) is 59.4 Å². The molecule has 0 unspecified atom stereocenters. The molecule has 0 bridgehead atoms. The average Bonchev–Trinajstić information content (AvgIpc) is 2.98. The molecule has 1 aromatic carbocycles. The maximum absolute atomic E-state index is 11.7. The van der Waals surface area contributed by atoms with Gasteiger partial charge in [-0.25, -0.2) is 4.98 Å².